The van der Waals surface area contributed by atoms with Crippen LogP contribution in [0, 0.1) is 58.7 Å². The van der Waals surface area contributed by atoms with E-state index in [9.17, 15) is 0 Å². The maximum absolute atomic E-state index is 2.54. The minimum absolute atomic E-state index is 0.917. The van der Waals surface area contributed by atoms with E-state index < -0.39 is 0 Å². The van der Waals surface area contributed by atoms with Gasteiger partial charge in [0.05, 0.1) is 0 Å². The Balaban J connectivity index is 1.48. The number of hydrogen-bond acceptors (Lipinski definition) is 0. The van der Waals surface area contributed by atoms with E-state index in [2.05, 4.69) is 6.92 Å². The third kappa shape index (κ3) is 0.616. The number of fused-ring (bicyclic) bond motifs is 13. The van der Waals surface area contributed by atoms with Crippen molar-refractivity contribution in [2.24, 2.45) is 58.7 Å². The van der Waals surface area contributed by atoms with Crippen LogP contribution < -0.4 is 0 Å². The molecular weight excluding hydrogens is 192 g/mol. The van der Waals surface area contributed by atoms with Gasteiger partial charge in [0.2, 0.25) is 0 Å². The van der Waals surface area contributed by atoms with Crippen LogP contribution in [0.4, 0.5) is 0 Å². The first kappa shape index (κ1) is 8.16. The quantitative estimate of drug-likeness (QED) is 0.541. The van der Waals surface area contributed by atoms with Gasteiger partial charge in [0.1, 0.15) is 0 Å². The summed E-state index contributed by atoms with van der Waals surface area (Å²) in [6, 6.07) is 0. The van der Waals surface area contributed by atoms with Crippen molar-refractivity contribution >= 4 is 0 Å². The van der Waals surface area contributed by atoms with Crippen LogP contribution in [0.25, 0.3) is 0 Å². The molecule has 6 fully saturated rings. The summed E-state index contributed by atoms with van der Waals surface area (Å²) in [5.41, 5.74) is 0.917. The topological polar surface area (TPSA) is 0 Å². The molecule has 86 valence electrons. The highest BCUT2D eigenvalue weighted by Crippen LogP contribution is 2.83. The van der Waals surface area contributed by atoms with Gasteiger partial charge in [0.25, 0.3) is 0 Å². The number of hydrogen-bond donors (Lipinski definition) is 0. The third-order valence-corrected chi connectivity index (χ3v) is 8.42. The zero-order valence-electron chi connectivity index (χ0n) is 10.2. The normalized spacial score (nSPS) is 80.4. The largest absolute Gasteiger partial charge is 0.0619 e. The van der Waals surface area contributed by atoms with Crippen molar-refractivity contribution in [3.8, 4) is 0 Å². The zero-order valence-corrected chi connectivity index (χ0v) is 10.2. The van der Waals surface area contributed by atoms with Gasteiger partial charge >= 0.3 is 0 Å². The molecule has 0 amide bonds. The fourth-order valence-electron chi connectivity index (χ4n) is 8.00. The van der Waals surface area contributed by atoms with E-state index in [4.69, 9.17) is 0 Å². The molecule has 6 aliphatic rings. The van der Waals surface area contributed by atoms with Crippen molar-refractivity contribution in [1.82, 2.24) is 0 Å². The SMILES string of the molecule is CC1CC12CC1CC2C2C3CC(C4CC43)C12. The van der Waals surface area contributed by atoms with E-state index in [0.717, 1.165) is 11.3 Å². The molecule has 0 nitrogen and oxygen atoms in total. The predicted molar refractivity (Wildman–Crippen MR) is 62.6 cm³/mol. The van der Waals surface area contributed by atoms with Gasteiger partial charge in [-0.05, 0) is 90.8 Å². The molecule has 6 rings (SSSR count). The lowest BCUT2D eigenvalue weighted by molar-refractivity contribution is 0.0815. The monoisotopic (exact) mass is 214 g/mol. The second-order valence-electron chi connectivity index (χ2n) is 8.43. The van der Waals surface area contributed by atoms with Crippen molar-refractivity contribution in [3.05, 3.63) is 0 Å². The molecule has 6 saturated carbocycles. The van der Waals surface area contributed by atoms with Crippen molar-refractivity contribution in [2.45, 2.75) is 39.0 Å². The van der Waals surface area contributed by atoms with E-state index in [1.807, 2.05) is 0 Å². The molecule has 0 aromatic rings. The first-order valence-corrected chi connectivity index (χ1v) is 7.79. The lowest BCUT2D eigenvalue weighted by Gasteiger charge is -2.39. The number of rotatable bonds is 0. The zero-order chi connectivity index (χ0) is 10.2. The van der Waals surface area contributed by atoms with Crippen LogP contribution in [-0.4, -0.2) is 0 Å². The molecule has 10 unspecified atom stereocenters. The summed E-state index contributed by atoms with van der Waals surface area (Å²) in [5, 5.41) is 0. The third-order valence-electron chi connectivity index (χ3n) is 8.42. The second kappa shape index (κ2) is 2.04. The molecule has 0 N–H and O–H groups in total. The minimum atomic E-state index is 0.917. The molecule has 0 radical (unpaired) electrons. The molecule has 0 saturated heterocycles. The van der Waals surface area contributed by atoms with Crippen molar-refractivity contribution in [2.75, 3.05) is 0 Å². The van der Waals surface area contributed by atoms with E-state index in [1.165, 1.54) is 47.3 Å². The van der Waals surface area contributed by atoms with E-state index >= 15 is 0 Å². The molecule has 1 spiro atoms. The van der Waals surface area contributed by atoms with Crippen LogP contribution in [0.3, 0.4) is 0 Å². The van der Waals surface area contributed by atoms with Gasteiger partial charge in [-0.25, -0.2) is 0 Å². The molecule has 16 heavy (non-hydrogen) atoms. The van der Waals surface area contributed by atoms with Gasteiger partial charge in [0.15, 0.2) is 0 Å². The Bertz CT molecular complexity index is 399. The van der Waals surface area contributed by atoms with Crippen molar-refractivity contribution in [3.63, 3.8) is 0 Å². The van der Waals surface area contributed by atoms with Crippen LogP contribution in [0.15, 0.2) is 0 Å². The standard InChI is InChI=1S/C16H22/c1-7-5-16(7)6-8-2-13(16)15-12-4-11(14(8)15)9-3-10(9)12/h7-15H,2-6H2,1H3. The molecule has 4 bridgehead atoms. The first-order chi connectivity index (χ1) is 7.79. The smallest absolute Gasteiger partial charge is 0.0235 e. The summed E-state index contributed by atoms with van der Waals surface area (Å²) >= 11 is 0. The van der Waals surface area contributed by atoms with Crippen LogP contribution in [-0.2, 0) is 0 Å². The Morgan fingerprint density at radius 3 is 2.25 bits per heavy atom. The average Bonchev–Trinajstić information content (AvgIpc) is 2.94. The van der Waals surface area contributed by atoms with Crippen LogP contribution >= 0.6 is 0 Å². The Labute approximate surface area is 98.2 Å². The molecule has 0 aliphatic heterocycles. The summed E-state index contributed by atoms with van der Waals surface area (Å²) in [6.45, 7) is 2.54. The highest BCUT2D eigenvalue weighted by molar-refractivity contribution is 5.25. The molecule has 10 atom stereocenters. The van der Waals surface area contributed by atoms with Crippen molar-refractivity contribution < 1.29 is 0 Å². The van der Waals surface area contributed by atoms with Crippen LogP contribution in [0.2, 0.25) is 0 Å². The van der Waals surface area contributed by atoms with E-state index in [0.29, 0.717) is 0 Å². The second-order valence-corrected chi connectivity index (χ2v) is 8.43. The summed E-state index contributed by atoms with van der Waals surface area (Å²) in [4.78, 5) is 0. The Hall–Kier alpha value is 0. The van der Waals surface area contributed by atoms with Gasteiger partial charge in [0, 0.05) is 0 Å². The molecule has 0 heteroatoms. The van der Waals surface area contributed by atoms with Crippen molar-refractivity contribution in [1.29, 1.82) is 0 Å². The van der Waals surface area contributed by atoms with Gasteiger partial charge in [-0.2, -0.15) is 0 Å². The van der Waals surface area contributed by atoms with Gasteiger partial charge in [-0.15, -0.1) is 0 Å². The average molecular weight is 214 g/mol. The Morgan fingerprint density at radius 2 is 1.50 bits per heavy atom. The Morgan fingerprint density at radius 1 is 0.812 bits per heavy atom. The maximum atomic E-state index is 2.54. The molecule has 0 heterocycles. The van der Waals surface area contributed by atoms with Gasteiger partial charge in [-0.1, -0.05) is 6.92 Å². The van der Waals surface area contributed by atoms with Crippen LogP contribution in [0.1, 0.15) is 39.0 Å². The van der Waals surface area contributed by atoms with E-state index in [1.54, 1.807) is 32.1 Å². The minimum Gasteiger partial charge on any atom is -0.0619 e. The predicted octanol–water partition coefficient (Wildman–Crippen LogP) is 3.57. The lowest BCUT2D eigenvalue weighted by atomic mass is 9.65. The van der Waals surface area contributed by atoms with E-state index in [-0.39, 0.29) is 0 Å². The fraction of sp³-hybridized carbons (Fsp3) is 1.00. The summed E-state index contributed by atoms with van der Waals surface area (Å²) in [6.07, 6.45) is 8.29. The maximum Gasteiger partial charge on any atom is -0.0235 e. The first-order valence-electron chi connectivity index (χ1n) is 7.79. The molecule has 0 aromatic heterocycles. The highest BCUT2D eigenvalue weighted by Gasteiger charge is 2.77. The molecular formula is C16H22. The lowest BCUT2D eigenvalue weighted by Crippen LogP contribution is -2.35. The summed E-state index contributed by atoms with van der Waals surface area (Å²) in [5.74, 6) is 11.0. The van der Waals surface area contributed by atoms with Gasteiger partial charge < -0.3 is 0 Å². The fourth-order valence-corrected chi connectivity index (χ4v) is 8.00. The van der Waals surface area contributed by atoms with Gasteiger partial charge in [-0.3, -0.25) is 0 Å². The summed E-state index contributed by atoms with van der Waals surface area (Å²) in [7, 11) is 0. The Kier molecular flexibility index (Phi) is 1.04. The summed E-state index contributed by atoms with van der Waals surface area (Å²) < 4.78 is 0. The molecule has 6 aliphatic carbocycles. The highest BCUT2D eigenvalue weighted by atomic mass is 14.8. The molecule has 0 aromatic carbocycles. The van der Waals surface area contributed by atoms with Crippen LogP contribution in [0.5, 0.6) is 0 Å².